The van der Waals surface area contributed by atoms with Crippen LogP contribution in [0.25, 0.3) is 0 Å². The molecule has 0 aliphatic heterocycles. The highest BCUT2D eigenvalue weighted by Gasteiger charge is 2.08. The van der Waals surface area contributed by atoms with Crippen LogP contribution in [-0.2, 0) is 18.3 Å². The first-order valence-electron chi connectivity index (χ1n) is 5.97. The van der Waals surface area contributed by atoms with Crippen molar-refractivity contribution in [1.82, 2.24) is 9.78 Å². The molecule has 0 bridgehead atoms. The van der Waals surface area contributed by atoms with E-state index in [1.165, 1.54) is 0 Å². The summed E-state index contributed by atoms with van der Waals surface area (Å²) in [7, 11) is 1.84. The molecule has 2 rings (SSSR count). The second kappa shape index (κ2) is 6.15. The van der Waals surface area contributed by atoms with Crippen LogP contribution in [0.4, 0.5) is 11.4 Å². The molecule has 2 aromatic rings. The molecular weight excluding hydrogens is 299 g/mol. The molecule has 0 radical (unpaired) electrons. The highest BCUT2D eigenvalue weighted by Crippen LogP contribution is 2.31. The number of nitrogens with two attached hydrogens (primary N) is 1. The third-order valence-corrected chi connectivity index (χ3v) is 3.39. The Labute approximate surface area is 126 Å². The molecule has 7 heteroatoms. The summed E-state index contributed by atoms with van der Waals surface area (Å²) in [6.45, 7) is 0. The number of aromatic nitrogens is 2. The Hall–Kier alpha value is -1.72. The number of aryl methyl sites for hydroxylation is 2. The first-order valence-corrected chi connectivity index (χ1v) is 6.73. The van der Waals surface area contributed by atoms with Crippen molar-refractivity contribution in [2.45, 2.75) is 12.8 Å². The summed E-state index contributed by atoms with van der Waals surface area (Å²) in [5.74, 6) is -0.120. The number of hydrogen-bond acceptors (Lipinski definition) is 3. The molecule has 3 N–H and O–H groups in total. The lowest BCUT2D eigenvalue weighted by Crippen LogP contribution is -2.12. The minimum atomic E-state index is -0.120. The van der Waals surface area contributed by atoms with Gasteiger partial charge < -0.3 is 11.1 Å². The van der Waals surface area contributed by atoms with Gasteiger partial charge in [0.25, 0.3) is 0 Å². The molecule has 0 aliphatic carbocycles. The van der Waals surface area contributed by atoms with Crippen molar-refractivity contribution in [3.8, 4) is 0 Å². The van der Waals surface area contributed by atoms with Gasteiger partial charge in [0.1, 0.15) is 0 Å². The zero-order chi connectivity index (χ0) is 14.7. The summed E-state index contributed by atoms with van der Waals surface area (Å²) < 4.78 is 1.70. The van der Waals surface area contributed by atoms with Crippen molar-refractivity contribution < 1.29 is 4.79 Å². The second-order valence-electron chi connectivity index (χ2n) is 4.42. The molecule has 0 atom stereocenters. The van der Waals surface area contributed by atoms with E-state index in [0.717, 1.165) is 5.56 Å². The fourth-order valence-electron chi connectivity index (χ4n) is 1.74. The highest BCUT2D eigenvalue weighted by atomic mass is 35.5. The number of nitrogens with one attached hydrogen (secondary N) is 1. The fourth-order valence-corrected chi connectivity index (χ4v) is 2.23. The number of carbonyl (C=O) groups excluding carboxylic acids is 1. The summed E-state index contributed by atoms with van der Waals surface area (Å²) >= 11 is 11.8. The third-order valence-electron chi connectivity index (χ3n) is 2.76. The molecule has 0 saturated heterocycles. The maximum absolute atomic E-state index is 11.8. The van der Waals surface area contributed by atoms with E-state index in [1.807, 2.05) is 13.2 Å². The predicted octanol–water partition coefficient (Wildman–Crippen LogP) is 2.88. The monoisotopic (exact) mass is 312 g/mol. The highest BCUT2D eigenvalue weighted by molar-refractivity contribution is 6.39. The quantitative estimate of drug-likeness (QED) is 0.853. The van der Waals surface area contributed by atoms with Gasteiger partial charge in [-0.15, -0.1) is 0 Å². The Bertz CT molecular complexity index is 616. The van der Waals surface area contributed by atoms with Crippen LogP contribution in [0.1, 0.15) is 12.0 Å². The van der Waals surface area contributed by atoms with E-state index in [4.69, 9.17) is 28.9 Å². The van der Waals surface area contributed by atoms with Crippen molar-refractivity contribution in [2.24, 2.45) is 7.05 Å². The van der Waals surface area contributed by atoms with Gasteiger partial charge in [0.2, 0.25) is 5.91 Å². The average Bonchev–Trinajstić information content (AvgIpc) is 2.79. The smallest absolute Gasteiger partial charge is 0.224 e. The van der Waals surface area contributed by atoms with Crippen molar-refractivity contribution in [3.63, 3.8) is 0 Å². The molecule has 1 amide bonds. The van der Waals surface area contributed by atoms with E-state index in [0.29, 0.717) is 34.3 Å². The van der Waals surface area contributed by atoms with Crippen LogP contribution >= 0.6 is 23.2 Å². The molecule has 0 unspecified atom stereocenters. The summed E-state index contributed by atoms with van der Waals surface area (Å²) in [5.41, 5.74) is 7.48. The molecule has 0 saturated carbocycles. The Kier molecular flexibility index (Phi) is 4.52. The van der Waals surface area contributed by atoms with Gasteiger partial charge in [-0.2, -0.15) is 5.10 Å². The average molecular weight is 313 g/mol. The van der Waals surface area contributed by atoms with Crippen LogP contribution in [0, 0.1) is 0 Å². The molecule has 1 aromatic carbocycles. The number of rotatable bonds is 4. The molecule has 1 aromatic heterocycles. The third kappa shape index (κ3) is 3.65. The zero-order valence-corrected chi connectivity index (χ0v) is 12.4. The number of amides is 1. The van der Waals surface area contributed by atoms with Crippen LogP contribution in [0.3, 0.4) is 0 Å². The van der Waals surface area contributed by atoms with Crippen LogP contribution in [-0.4, -0.2) is 15.7 Å². The Morgan fingerprint density at radius 3 is 2.60 bits per heavy atom. The Morgan fingerprint density at radius 1 is 1.40 bits per heavy atom. The lowest BCUT2D eigenvalue weighted by Gasteiger charge is -2.08. The number of benzene rings is 1. The van der Waals surface area contributed by atoms with Gasteiger partial charge in [-0.1, -0.05) is 23.2 Å². The minimum absolute atomic E-state index is 0.120. The molecule has 0 spiro atoms. The summed E-state index contributed by atoms with van der Waals surface area (Å²) in [6.07, 6.45) is 4.59. The summed E-state index contributed by atoms with van der Waals surface area (Å²) in [6, 6.07) is 3.15. The van der Waals surface area contributed by atoms with Crippen molar-refractivity contribution in [2.75, 3.05) is 11.1 Å². The lowest BCUT2D eigenvalue weighted by atomic mass is 10.2. The minimum Gasteiger partial charge on any atom is -0.396 e. The number of carbonyl (C=O) groups is 1. The van der Waals surface area contributed by atoms with E-state index < -0.39 is 0 Å². The second-order valence-corrected chi connectivity index (χ2v) is 5.24. The van der Waals surface area contributed by atoms with E-state index in [-0.39, 0.29) is 5.91 Å². The molecule has 0 fully saturated rings. The van der Waals surface area contributed by atoms with Crippen LogP contribution < -0.4 is 11.1 Å². The van der Waals surface area contributed by atoms with Crippen LogP contribution in [0.2, 0.25) is 10.0 Å². The standard InChI is InChI=1S/C13H14Cl2N4O/c1-19-7-8(6-17-19)2-3-12(20)18-9-4-10(14)13(16)11(15)5-9/h4-7H,2-3,16H2,1H3,(H,18,20). The largest absolute Gasteiger partial charge is 0.396 e. The van der Waals surface area contributed by atoms with Crippen LogP contribution in [0.15, 0.2) is 24.5 Å². The van der Waals surface area contributed by atoms with Gasteiger partial charge >= 0.3 is 0 Å². The van der Waals surface area contributed by atoms with Crippen molar-refractivity contribution >= 4 is 40.5 Å². The number of halogens is 2. The fraction of sp³-hybridized carbons (Fsp3) is 0.231. The van der Waals surface area contributed by atoms with E-state index in [2.05, 4.69) is 10.4 Å². The van der Waals surface area contributed by atoms with E-state index >= 15 is 0 Å². The maximum atomic E-state index is 11.8. The number of anilines is 2. The normalized spacial score (nSPS) is 10.6. The van der Waals surface area contributed by atoms with Gasteiger partial charge in [-0.3, -0.25) is 9.48 Å². The molecule has 0 aliphatic rings. The topological polar surface area (TPSA) is 72.9 Å². The van der Waals surface area contributed by atoms with Crippen molar-refractivity contribution in [3.05, 3.63) is 40.1 Å². The SMILES string of the molecule is Cn1cc(CCC(=O)Nc2cc(Cl)c(N)c(Cl)c2)cn1. The predicted molar refractivity (Wildman–Crippen MR) is 81.0 cm³/mol. The number of hydrogen-bond donors (Lipinski definition) is 2. The number of nitrogens with zero attached hydrogens (tertiary/aromatic N) is 2. The number of nitrogen functional groups attached to an aromatic ring is 1. The molecule has 20 heavy (non-hydrogen) atoms. The van der Waals surface area contributed by atoms with Crippen LogP contribution in [0.5, 0.6) is 0 Å². The summed E-state index contributed by atoms with van der Waals surface area (Å²) in [5, 5.41) is 7.42. The lowest BCUT2D eigenvalue weighted by molar-refractivity contribution is -0.116. The molecule has 106 valence electrons. The van der Waals surface area contributed by atoms with Crippen molar-refractivity contribution in [1.29, 1.82) is 0 Å². The van der Waals surface area contributed by atoms with Gasteiger partial charge in [-0.25, -0.2) is 0 Å². The Balaban J connectivity index is 1.94. The molecule has 1 heterocycles. The zero-order valence-electron chi connectivity index (χ0n) is 10.9. The first-order chi connectivity index (χ1) is 9.45. The molecule has 5 nitrogen and oxygen atoms in total. The van der Waals surface area contributed by atoms with Gasteiger partial charge in [0, 0.05) is 25.4 Å². The Morgan fingerprint density at radius 2 is 2.05 bits per heavy atom. The molecular formula is C13H14Cl2N4O. The van der Waals surface area contributed by atoms with Gasteiger partial charge in [-0.05, 0) is 24.1 Å². The van der Waals surface area contributed by atoms with E-state index in [1.54, 1.807) is 23.0 Å². The maximum Gasteiger partial charge on any atom is 0.224 e. The first kappa shape index (κ1) is 14.7. The van der Waals surface area contributed by atoms with Gasteiger partial charge in [0.15, 0.2) is 0 Å². The van der Waals surface area contributed by atoms with E-state index in [9.17, 15) is 4.79 Å². The van der Waals surface area contributed by atoms with Gasteiger partial charge in [0.05, 0.1) is 21.9 Å². The summed E-state index contributed by atoms with van der Waals surface area (Å²) in [4.78, 5) is 11.8.